The summed E-state index contributed by atoms with van der Waals surface area (Å²) in [4.78, 5) is 18.6. The van der Waals surface area contributed by atoms with Crippen molar-refractivity contribution in [3.8, 4) is 6.19 Å². The molecule has 6 heteroatoms. The molecule has 0 spiro atoms. The summed E-state index contributed by atoms with van der Waals surface area (Å²) >= 11 is 1.34. The Morgan fingerprint density at radius 3 is 2.68 bits per heavy atom. The summed E-state index contributed by atoms with van der Waals surface area (Å²) < 4.78 is 0. The first-order valence-electron chi connectivity index (χ1n) is 7.33. The van der Waals surface area contributed by atoms with Crippen LogP contribution < -0.4 is 10.2 Å². The van der Waals surface area contributed by atoms with Crippen LogP contribution in [0.4, 0.5) is 11.4 Å². The van der Waals surface area contributed by atoms with E-state index in [1.54, 1.807) is 6.92 Å². The molecule has 22 heavy (non-hydrogen) atoms. The van der Waals surface area contributed by atoms with Crippen LogP contribution in [0, 0.1) is 11.5 Å². The Morgan fingerprint density at radius 1 is 1.36 bits per heavy atom. The van der Waals surface area contributed by atoms with Gasteiger partial charge in [0.05, 0.1) is 5.69 Å². The number of thioether (sulfide) groups is 1. The smallest absolute Gasteiger partial charge is 0.183 e. The number of aliphatic imine (C=N–C) groups is 1. The molecular formula is C16H20N4OS. The van der Waals surface area contributed by atoms with Gasteiger partial charge in [0.15, 0.2) is 17.1 Å². The molecule has 0 amide bonds. The largest absolute Gasteiger partial charge is 0.372 e. The fourth-order valence-electron chi connectivity index (χ4n) is 2.53. The number of nitrogens with one attached hydrogen (secondary N) is 1. The first kappa shape index (κ1) is 16.4. The third-order valence-electron chi connectivity index (χ3n) is 3.66. The molecule has 1 heterocycles. The topological polar surface area (TPSA) is 68.5 Å². The van der Waals surface area contributed by atoms with Crippen molar-refractivity contribution in [1.29, 1.82) is 5.26 Å². The Hall–Kier alpha value is -2.00. The van der Waals surface area contributed by atoms with Crippen LogP contribution in [0.5, 0.6) is 0 Å². The van der Waals surface area contributed by atoms with Crippen LogP contribution in [0.1, 0.15) is 36.5 Å². The Kier molecular flexibility index (Phi) is 5.84. The molecule has 116 valence electrons. The van der Waals surface area contributed by atoms with Crippen molar-refractivity contribution in [3.63, 3.8) is 0 Å². The Morgan fingerprint density at radius 2 is 2.09 bits per heavy atom. The minimum absolute atomic E-state index is 0.0185. The number of ketones is 1. The van der Waals surface area contributed by atoms with E-state index in [0.29, 0.717) is 16.4 Å². The van der Waals surface area contributed by atoms with Gasteiger partial charge in [-0.1, -0.05) is 11.8 Å². The number of Topliss-reactive ketones (excluding diaryl/α,β-unsaturated/α-hetero) is 1. The molecule has 5 nitrogen and oxygen atoms in total. The zero-order valence-corrected chi connectivity index (χ0v) is 13.7. The van der Waals surface area contributed by atoms with Gasteiger partial charge in [0.1, 0.15) is 0 Å². The van der Waals surface area contributed by atoms with Crippen molar-refractivity contribution < 1.29 is 4.79 Å². The van der Waals surface area contributed by atoms with E-state index in [0.717, 1.165) is 18.8 Å². The van der Waals surface area contributed by atoms with Gasteiger partial charge in [0.2, 0.25) is 0 Å². The van der Waals surface area contributed by atoms with E-state index in [9.17, 15) is 4.79 Å². The van der Waals surface area contributed by atoms with Crippen LogP contribution in [0.25, 0.3) is 0 Å². The summed E-state index contributed by atoms with van der Waals surface area (Å²) in [5.41, 5.74) is 2.26. The van der Waals surface area contributed by atoms with E-state index in [4.69, 9.17) is 5.26 Å². The van der Waals surface area contributed by atoms with Gasteiger partial charge < -0.3 is 4.90 Å². The number of carbonyl (C=O) groups excluding carboxylic acids is 1. The quantitative estimate of drug-likeness (QED) is 0.305. The van der Waals surface area contributed by atoms with Crippen LogP contribution in [0.15, 0.2) is 23.2 Å². The van der Waals surface area contributed by atoms with Gasteiger partial charge in [-0.2, -0.15) is 5.26 Å². The highest BCUT2D eigenvalue weighted by atomic mass is 32.2. The monoisotopic (exact) mass is 316 g/mol. The summed E-state index contributed by atoms with van der Waals surface area (Å²) in [6, 6.07) is 5.77. The maximum Gasteiger partial charge on any atom is 0.183 e. The minimum atomic E-state index is -0.0185. The molecule has 0 aromatic heterocycles. The number of piperidine rings is 1. The minimum Gasteiger partial charge on any atom is -0.372 e. The second-order valence-electron chi connectivity index (χ2n) is 5.16. The maximum absolute atomic E-state index is 11.9. The molecule has 1 aliphatic heterocycles. The Bertz CT molecular complexity index is 615. The number of nitrogens with zero attached hydrogens (tertiary/aromatic N) is 3. The molecular weight excluding hydrogens is 296 g/mol. The van der Waals surface area contributed by atoms with Gasteiger partial charge in [-0.25, -0.2) is 4.99 Å². The van der Waals surface area contributed by atoms with Crippen LogP contribution in [0.2, 0.25) is 0 Å². The van der Waals surface area contributed by atoms with E-state index < -0.39 is 0 Å². The van der Waals surface area contributed by atoms with Crippen LogP contribution in [-0.2, 0) is 0 Å². The molecule has 1 aromatic carbocycles. The molecule has 0 atom stereocenters. The molecule has 1 N–H and O–H groups in total. The number of carbonyl (C=O) groups is 1. The van der Waals surface area contributed by atoms with Gasteiger partial charge in [0.25, 0.3) is 0 Å². The number of hydrogen-bond acceptors (Lipinski definition) is 5. The van der Waals surface area contributed by atoms with Gasteiger partial charge in [-0.3, -0.25) is 10.1 Å². The first-order chi connectivity index (χ1) is 10.7. The summed E-state index contributed by atoms with van der Waals surface area (Å²) in [6.45, 7) is 3.61. The third kappa shape index (κ3) is 4.01. The Labute approximate surface area is 135 Å². The summed E-state index contributed by atoms with van der Waals surface area (Å²) in [6.07, 6.45) is 7.35. The molecule has 2 rings (SSSR count). The van der Waals surface area contributed by atoms with Crippen molar-refractivity contribution >= 4 is 34.1 Å². The third-order valence-corrected chi connectivity index (χ3v) is 4.24. The molecule has 1 saturated heterocycles. The second-order valence-corrected chi connectivity index (χ2v) is 5.96. The van der Waals surface area contributed by atoms with Crippen molar-refractivity contribution in [3.05, 3.63) is 23.8 Å². The molecule has 1 fully saturated rings. The van der Waals surface area contributed by atoms with E-state index in [2.05, 4.69) is 15.2 Å². The second kappa shape index (κ2) is 7.85. The SMILES string of the molecule is CSC(=Nc1ccc(N2CCCCC2)cc1C(C)=O)NC#N. The lowest BCUT2D eigenvalue weighted by atomic mass is 10.1. The standard InChI is InChI=1S/C16H20N4OS/c1-12(21)14-10-13(20-8-4-3-5-9-20)6-7-15(14)19-16(22-2)18-11-17/h6-7,10H,3-5,8-9H2,1-2H3,(H,18,19). The number of nitriles is 1. The number of amidine groups is 1. The van der Waals surface area contributed by atoms with Crippen LogP contribution in [-0.4, -0.2) is 30.3 Å². The van der Waals surface area contributed by atoms with Gasteiger partial charge in [0, 0.05) is 24.3 Å². The average Bonchev–Trinajstić information content (AvgIpc) is 2.55. The highest BCUT2D eigenvalue weighted by molar-refractivity contribution is 8.13. The lowest BCUT2D eigenvalue weighted by Gasteiger charge is -2.29. The van der Waals surface area contributed by atoms with Crippen molar-refractivity contribution in [2.75, 3.05) is 24.2 Å². The van der Waals surface area contributed by atoms with Crippen molar-refractivity contribution in [2.24, 2.45) is 4.99 Å². The fourth-order valence-corrected chi connectivity index (χ4v) is 2.87. The zero-order valence-electron chi connectivity index (χ0n) is 12.9. The lowest BCUT2D eigenvalue weighted by molar-refractivity contribution is 0.101. The summed E-state index contributed by atoms with van der Waals surface area (Å²) in [5.74, 6) is -0.0185. The molecule has 0 aliphatic carbocycles. The van der Waals surface area contributed by atoms with Gasteiger partial charge in [-0.15, -0.1) is 0 Å². The number of hydrogen-bond donors (Lipinski definition) is 1. The summed E-state index contributed by atoms with van der Waals surface area (Å²) in [5, 5.41) is 11.7. The maximum atomic E-state index is 11.9. The number of benzene rings is 1. The summed E-state index contributed by atoms with van der Waals surface area (Å²) in [7, 11) is 0. The van der Waals surface area contributed by atoms with E-state index in [-0.39, 0.29) is 5.78 Å². The number of anilines is 1. The normalized spacial score (nSPS) is 15.3. The first-order valence-corrected chi connectivity index (χ1v) is 8.56. The van der Waals surface area contributed by atoms with E-state index in [1.165, 1.54) is 31.0 Å². The number of rotatable bonds is 3. The molecule has 0 radical (unpaired) electrons. The van der Waals surface area contributed by atoms with Gasteiger partial charge >= 0.3 is 0 Å². The van der Waals surface area contributed by atoms with Crippen LogP contribution >= 0.6 is 11.8 Å². The molecule has 1 aromatic rings. The molecule has 0 saturated carbocycles. The fraction of sp³-hybridized carbons (Fsp3) is 0.438. The van der Waals surface area contributed by atoms with Gasteiger partial charge in [-0.05, 0) is 50.6 Å². The van der Waals surface area contributed by atoms with E-state index in [1.807, 2.05) is 30.6 Å². The highest BCUT2D eigenvalue weighted by Crippen LogP contribution is 2.28. The molecule has 0 unspecified atom stereocenters. The van der Waals surface area contributed by atoms with Crippen LogP contribution in [0.3, 0.4) is 0 Å². The predicted molar refractivity (Wildman–Crippen MR) is 91.9 cm³/mol. The highest BCUT2D eigenvalue weighted by Gasteiger charge is 2.15. The molecule has 0 bridgehead atoms. The van der Waals surface area contributed by atoms with Crippen molar-refractivity contribution in [1.82, 2.24) is 5.32 Å². The lowest BCUT2D eigenvalue weighted by Crippen LogP contribution is -2.29. The molecule has 1 aliphatic rings. The Balaban J connectivity index is 2.35. The van der Waals surface area contributed by atoms with E-state index >= 15 is 0 Å². The average molecular weight is 316 g/mol. The van der Waals surface area contributed by atoms with Crippen molar-refractivity contribution in [2.45, 2.75) is 26.2 Å². The zero-order chi connectivity index (χ0) is 15.9. The predicted octanol–water partition coefficient (Wildman–Crippen LogP) is 3.30.